The first-order valence-corrected chi connectivity index (χ1v) is 9.04. The molecule has 0 unspecified atom stereocenters. The molecule has 0 fully saturated rings. The summed E-state index contributed by atoms with van der Waals surface area (Å²) in [5.74, 6) is -0.157. The summed E-state index contributed by atoms with van der Waals surface area (Å²) >= 11 is 0. The third-order valence-corrected chi connectivity index (χ3v) is 5.27. The summed E-state index contributed by atoms with van der Waals surface area (Å²) in [5, 5.41) is 0. The molecule has 0 aliphatic rings. The molecule has 8 heteroatoms. The summed E-state index contributed by atoms with van der Waals surface area (Å²) in [4.78, 5) is -0.445. The Bertz CT molecular complexity index is 897. The second kappa shape index (κ2) is 5.71. The van der Waals surface area contributed by atoms with E-state index in [0.717, 1.165) is 11.6 Å². The summed E-state index contributed by atoms with van der Waals surface area (Å²) in [5.41, 5.74) is 0.907. The van der Waals surface area contributed by atoms with E-state index in [1.807, 2.05) is 6.92 Å². The Hall–Kier alpha value is -1.90. The molecule has 2 aromatic rings. The van der Waals surface area contributed by atoms with Crippen molar-refractivity contribution in [3.63, 3.8) is 0 Å². The number of hydrogen-bond donors (Lipinski definition) is 1. The van der Waals surface area contributed by atoms with Crippen LogP contribution < -0.4 is 4.18 Å². The lowest BCUT2D eigenvalue weighted by Crippen LogP contribution is -2.11. The van der Waals surface area contributed by atoms with Crippen LogP contribution in [0.3, 0.4) is 0 Å². The van der Waals surface area contributed by atoms with Crippen LogP contribution in [-0.4, -0.2) is 21.4 Å². The van der Waals surface area contributed by atoms with Crippen molar-refractivity contribution in [1.82, 2.24) is 0 Å². The molecule has 0 saturated carbocycles. The quantitative estimate of drug-likeness (QED) is 0.676. The fraction of sp³-hybridized carbons (Fsp3) is 0.143. The van der Waals surface area contributed by atoms with Crippen LogP contribution in [0.25, 0.3) is 0 Å². The highest BCUT2D eigenvalue weighted by atomic mass is 32.2. The van der Waals surface area contributed by atoms with Crippen LogP contribution in [0.5, 0.6) is 5.75 Å². The minimum absolute atomic E-state index is 0.0145. The SMILES string of the molecule is Cc1ccc(S(=O)(=O)Oc2cccc(S(=O)(=O)O)c2C)cc1. The van der Waals surface area contributed by atoms with Crippen molar-refractivity contribution in [3.8, 4) is 5.75 Å². The highest BCUT2D eigenvalue weighted by molar-refractivity contribution is 7.87. The van der Waals surface area contributed by atoms with Crippen LogP contribution in [0, 0.1) is 13.8 Å². The zero-order valence-electron chi connectivity index (χ0n) is 11.8. The maximum Gasteiger partial charge on any atom is 0.339 e. The van der Waals surface area contributed by atoms with Crippen LogP contribution in [-0.2, 0) is 20.2 Å². The summed E-state index contributed by atoms with van der Waals surface area (Å²) in [7, 11) is -8.55. The average Bonchev–Trinajstić information content (AvgIpc) is 2.40. The molecule has 0 aliphatic carbocycles. The third kappa shape index (κ3) is 3.46. The molecule has 2 rings (SSSR count). The molecular weight excluding hydrogens is 328 g/mol. The molecule has 0 radical (unpaired) electrons. The van der Waals surface area contributed by atoms with Gasteiger partial charge in [-0.2, -0.15) is 16.8 Å². The minimum atomic E-state index is -4.46. The Labute approximate surface area is 129 Å². The Morgan fingerprint density at radius 1 is 0.909 bits per heavy atom. The van der Waals surface area contributed by atoms with Gasteiger partial charge in [-0.1, -0.05) is 23.8 Å². The second-order valence-electron chi connectivity index (χ2n) is 4.70. The molecule has 0 heterocycles. The van der Waals surface area contributed by atoms with Crippen molar-refractivity contribution in [2.45, 2.75) is 23.6 Å². The highest BCUT2D eigenvalue weighted by Gasteiger charge is 2.21. The topological polar surface area (TPSA) is 97.7 Å². The molecule has 0 aliphatic heterocycles. The van der Waals surface area contributed by atoms with Gasteiger partial charge < -0.3 is 4.18 Å². The number of benzene rings is 2. The molecule has 0 atom stereocenters. The predicted molar refractivity (Wildman–Crippen MR) is 80.0 cm³/mol. The van der Waals surface area contributed by atoms with E-state index in [1.54, 1.807) is 12.1 Å². The van der Waals surface area contributed by atoms with Gasteiger partial charge in [0.2, 0.25) is 0 Å². The first kappa shape index (κ1) is 16.5. The first-order valence-electron chi connectivity index (χ1n) is 6.19. The zero-order valence-corrected chi connectivity index (χ0v) is 13.5. The van der Waals surface area contributed by atoms with Crippen LogP contribution >= 0.6 is 0 Å². The monoisotopic (exact) mass is 342 g/mol. The summed E-state index contributed by atoms with van der Waals surface area (Å²) in [6.45, 7) is 3.17. The van der Waals surface area contributed by atoms with E-state index < -0.39 is 25.1 Å². The van der Waals surface area contributed by atoms with Gasteiger partial charge in [0.25, 0.3) is 10.1 Å². The van der Waals surface area contributed by atoms with Crippen molar-refractivity contribution < 1.29 is 25.6 Å². The van der Waals surface area contributed by atoms with Gasteiger partial charge in [0.05, 0.1) is 0 Å². The molecule has 0 aromatic heterocycles. The fourth-order valence-corrected chi connectivity index (χ4v) is 3.56. The van der Waals surface area contributed by atoms with E-state index >= 15 is 0 Å². The predicted octanol–water partition coefficient (Wildman–Crippen LogP) is 2.32. The third-order valence-electron chi connectivity index (χ3n) is 3.02. The van der Waals surface area contributed by atoms with Crippen LogP contribution in [0.4, 0.5) is 0 Å². The molecule has 118 valence electrons. The second-order valence-corrected chi connectivity index (χ2v) is 7.64. The van der Waals surface area contributed by atoms with Crippen molar-refractivity contribution >= 4 is 20.2 Å². The Morgan fingerprint density at radius 2 is 1.50 bits per heavy atom. The van der Waals surface area contributed by atoms with E-state index in [2.05, 4.69) is 0 Å². The minimum Gasteiger partial charge on any atom is -0.379 e. The maximum atomic E-state index is 12.2. The van der Waals surface area contributed by atoms with Crippen molar-refractivity contribution in [1.29, 1.82) is 0 Å². The normalized spacial score (nSPS) is 12.1. The molecular formula is C14H14O6S2. The summed E-state index contributed by atoms with van der Waals surface area (Å²) in [6, 6.07) is 9.80. The van der Waals surface area contributed by atoms with Crippen molar-refractivity contribution in [2.24, 2.45) is 0 Å². The molecule has 0 bridgehead atoms. The van der Waals surface area contributed by atoms with Gasteiger partial charge in [0.1, 0.15) is 15.5 Å². The average molecular weight is 342 g/mol. The van der Waals surface area contributed by atoms with Gasteiger partial charge in [-0.05, 0) is 38.1 Å². The van der Waals surface area contributed by atoms with Gasteiger partial charge >= 0.3 is 10.1 Å². The van der Waals surface area contributed by atoms with Crippen LogP contribution in [0.2, 0.25) is 0 Å². The van der Waals surface area contributed by atoms with Crippen LogP contribution in [0.15, 0.2) is 52.3 Å². The molecule has 6 nitrogen and oxygen atoms in total. The zero-order chi connectivity index (χ0) is 16.5. The lowest BCUT2D eigenvalue weighted by molar-refractivity contribution is 0.473. The molecule has 0 amide bonds. The highest BCUT2D eigenvalue weighted by Crippen LogP contribution is 2.27. The number of rotatable bonds is 4. The van der Waals surface area contributed by atoms with Gasteiger partial charge in [-0.25, -0.2) is 0 Å². The summed E-state index contributed by atoms with van der Waals surface area (Å²) in [6.07, 6.45) is 0. The van der Waals surface area contributed by atoms with Crippen LogP contribution in [0.1, 0.15) is 11.1 Å². The fourth-order valence-electron chi connectivity index (χ4n) is 1.84. The lowest BCUT2D eigenvalue weighted by Gasteiger charge is -2.11. The summed E-state index contributed by atoms with van der Waals surface area (Å²) < 4.78 is 60.9. The maximum absolute atomic E-state index is 12.2. The van der Waals surface area contributed by atoms with E-state index in [-0.39, 0.29) is 16.2 Å². The van der Waals surface area contributed by atoms with Gasteiger partial charge in [-0.15, -0.1) is 0 Å². The number of aryl methyl sites for hydroxylation is 1. The molecule has 0 saturated heterocycles. The Balaban J connectivity index is 2.45. The van der Waals surface area contributed by atoms with Gasteiger partial charge in [0.15, 0.2) is 0 Å². The van der Waals surface area contributed by atoms with Crippen molar-refractivity contribution in [3.05, 3.63) is 53.6 Å². The lowest BCUT2D eigenvalue weighted by atomic mass is 10.2. The first-order chi connectivity index (χ1) is 10.1. The van der Waals surface area contributed by atoms with E-state index in [9.17, 15) is 16.8 Å². The number of hydrogen-bond acceptors (Lipinski definition) is 5. The molecule has 2 aromatic carbocycles. The smallest absolute Gasteiger partial charge is 0.339 e. The van der Waals surface area contributed by atoms with E-state index in [4.69, 9.17) is 8.74 Å². The van der Waals surface area contributed by atoms with E-state index in [1.165, 1.54) is 31.2 Å². The van der Waals surface area contributed by atoms with Crippen molar-refractivity contribution in [2.75, 3.05) is 0 Å². The Kier molecular flexibility index (Phi) is 4.28. The standard InChI is InChI=1S/C14H14O6S2/c1-10-6-8-12(9-7-10)22(18,19)20-13-4-3-5-14(11(13)2)21(15,16)17/h3-9H,1-2H3,(H,15,16,17). The van der Waals surface area contributed by atoms with Gasteiger partial charge in [0, 0.05) is 5.56 Å². The largest absolute Gasteiger partial charge is 0.379 e. The molecule has 22 heavy (non-hydrogen) atoms. The molecule has 1 N–H and O–H groups in total. The van der Waals surface area contributed by atoms with E-state index in [0.29, 0.717) is 0 Å². The Morgan fingerprint density at radius 3 is 2.05 bits per heavy atom. The van der Waals surface area contributed by atoms with Gasteiger partial charge in [-0.3, -0.25) is 4.55 Å². The molecule has 0 spiro atoms.